The Morgan fingerprint density at radius 2 is 2.05 bits per heavy atom. The molecule has 3 N–H and O–H groups in total. The molecule has 2 rings (SSSR count). The number of hydrogen-bond acceptors (Lipinski definition) is 6. The molecule has 0 spiro atoms. The van der Waals surface area contributed by atoms with Gasteiger partial charge in [-0.25, -0.2) is 8.42 Å². The standard InChI is InChI=1S/C14H15N3O3S/c1-9-8-16-17-14(13(9)15)11-4-3-10(7-12(11)18)5-6-21(2,19)20/h3-8,18H,1-2H3,(H2,15,16)/b6-5+. The van der Waals surface area contributed by atoms with E-state index in [1.807, 2.05) is 0 Å². The Morgan fingerprint density at radius 1 is 1.33 bits per heavy atom. The van der Waals surface area contributed by atoms with E-state index >= 15 is 0 Å². The topological polar surface area (TPSA) is 106 Å². The summed E-state index contributed by atoms with van der Waals surface area (Å²) in [6.45, 7) is 1.80. The fourth-order valence-corrected chi connectivity index (χ4v) is 2.14. The quantitative estimate of drug-likeness (QED) is 0.895. The predicted molar refractivity (Wildman–Crippen MR) is 82.2 cm³/mol. The highest BCUT2D eigenvalue weighted by Crippen LogP contribution is 2.33. The number of benzene rings is 1. The van der Waals surface area contributed by atoms with E-state index in [0.717, 1.165) is 17.2 Å². The van der Waals surface area contributed by atoms with Gasteiger partial charge < -0.3 is 10.8 Å². The van der Waals surface area contributed by atoms with Crippen molar-refractivity contribution < 1.29 is 13.5 Å². The van der Waals surface area contributed by atoms with Crippen LogP contribution in [-0.2, 0) is 9.84 Å². The van der Waals surface area contributed by atoms with E-state index in [-0.39, 0.29) is 5.75 Å². The lowest BCUT2D eigenvalue weighted by Crippen LogP contribution is -1.99. The maximum Gasteiger partial charge on any atom is 0.168 e. The molecule has 1 heterocycles. The van der Waals surface area contributed by atoms with E-state index in [2.05, 4.69) is 10.2 Å². The Kier molecular flexibility index (Phi) is 3.95. The first-order valence-electron chi connectivity index (χ1n) is 6.07. The third kappa shape index (κ3) is 3.57. The van der Waals surface area contributed by atoms with Gasteiger partial charge in [-0.05, 0) is 36.3 Å². The number of aromatic hydroxyl groups is 1. The molecule has 7 heteroatoms. The predicted octanol–water partition coefficient (Wildman–Crippen LogP) is 1.76. The zero-order chi connectivity index (χ0) is 15.6. The highest BCUT2D eigenvalue weighted by Gasteiger charge is 2.12. The van der Waals surface area contributed by atoms with Crippen molar-refractivity contribution in [1.82, 2.24) is 10.2 Å². The van der Waals surface area contributed by atoms with E-state index in [4.69, 9.17) is 5.73 Å². The third-order valence-corrected chi connectivity index (χ3v) is 3.50. The number of aryl methyl sites for hydroxylation is 1. The van der Waals surface area contributed by atoms with Crippen LogP contribution in [0, 0.1) is 6.92 Å². The van der Waals surface area contributed by atoms with Gasteiger partial charge in [0.25, 0.3) is 0 Å². The second-order valence-electron chi connectivity index (χ2n) is 4.70. The van der Waals surface area contributed by atoms with Crippen LogP contribution in [0.1, 0.15) is 11.1 Å². The lowest BCUT2D eigenvalue weighted by atomic mass is 10.0. The summed E-state index contributed by atoms with van der Waals surface area (Å²) in [5, 5.41) is 18.9. The van der Waals surface area contributed by atoms with Gasteiger partial charge in [-0.15, -0.1) is 5.10 Å². The molecule has 1 aromatic heterocycles. The SMILES string of the molecule is Cc1cnnc(-c2ccc(/C=C/S(C)(=O)=O)cc2O)c1N. The Morgan fingerprint density at radius 3 is 2.67 bits per heavy atom. The van der Waals surface area contributed by atoms with Crippen LogP contribution < -0.4 is 5.73 Å². The Labute approximate surface area is 122 Å². The van der Waals surface area contributed by atoms with Crippen LogP contribution in [0.5, 0.6) is 5.75 Å². The highest BCUT2D eigenvalue weighted by molar-refractivity contribution is 7.93. The Balaban J connectivity index is 2.45. The van der Waals surface area contributed by atoms with Crippen molar-refractivity contribution in [2.75, 3.05) is 12.0 Å². The number of phenolic OH excluding ortho intramolecular Hbond substituents is 1. The van der Waals surface area contributed by atoms with Crippen LogP contribution >= 0.6 is 0 Å². The van der Waals surface area contributed by atoms with Crippen molar-refractivity contribution in [3.05, 3.63) is 40.9 Å². The van der Waals surface area contributed by atoms with Gasteiger partial charge in [0.1, 0.15) is 11.4 Å². The second-order valence-corrected chi connectivity index (χ2v) is 6.63. The number of nitrogen functional groups attached to an aromatic ring is 1. The largest absolute Gasteiger partial charge is 0.507 e. The van der Waals surface area contributed by atoms with Gasteiger partial charge in [0.05, 0.1) is 11.9 Å². The summed E-state index contributed by atoms with van der Waals surface area (Å²) in [4.78, 5) is 0. The molecule has 2 aromatic rings. The summed E-state index contributed by atoms with van der Waals surface area (Å²) >= 11 is 0. The molecule has 0 unspecified atom stereocenters. The summed E-state index contributed by atoms with van der Waals surface area (Å²) in [6.07, 6.45) is 4.05. The van der Waals surface area contributed by atoms with Crippen molar-refractivity contribution in [1.29, 1.82) is 0 Å². The van der Waals surface area contributed by atoms with Gasteiger partial charge in [0, 0.05) is 17.2 Å². The molecule has 0 atom stereocenters. The Bertz CT molecular complexity index is 814. The second kappa shape index (κ2) is 5.53. The summed E-state index contributed by atoms with van der Waals surface area (Å²) in [7, 11) is -3.21. The fourth-order valence-electron chi connectivity index (χ4n) is 1.74. The number of anilines is 1. The molecular weight excluding hydrogens is 290 g/mol. The van der Waals surface area contributed by atoms with Crippen LogP contribution in [0.25, 0.3) is 17.3 Å². The van der Waals surface area contributed by atoms with Crippen molar-refractivity contribution in [2.45, 2.75) is 6.92 Å². The van der Waals surface area contributed by atoms with Crippen molar-refractivity contribution in [3.8, 4) is 17.0 Å². The van der Waals surface area contributed by atoms with E-state index in [9.17, 15) is 13.5 Å². The van der Waals surface area contributed by atoms with Crippen molar-refractivity contribution in [2.24, 2.45) is 0 Å². The molecular formula is C14H15N3O3S. The average molecular weight is 305 g/mol. The monoisotopic (exact) mass is 305 g/mol. The first-order valence-corrected chi connectivity index (χ1v) is 8.02. The van der Waals surface area contributed by atoms with Gasteiger partial charge in [0.15, 0.2) is 9.84 Å². The first-order chi connectivity index (χ1) is 9.78. The lowest BCUT2D eigenvalue weighted by Gasteiger charge is -2.08. The molecule has 0 aliphatic rings. The first kappa shape index (κ1) is 15.0. The summed E-state index contributed by atoms with van der Waals surface area (Å²) in [5.41, 5.74) is 8.53. The Hall–Kier alpha value is -2.41. The number of phenols is 1. The molecule has 0 radical (unpaired) electrons. The van der Waals surface area contributed by atoms with Crippen molar-refractivity contribution >= 4 is 21.6 Å². The lowest BCUT2D eigenvalue weighted by molar-refractivity contribution is 0.477. The van der Waals surface area contributed by atoms with Gasteiger partial charge in [-0.3, -0.25) is 0 Å². The minimum Gasteiger partial charge on any atom is -0.507 e. The van der Waals surface area contributed by atoms with Crippen LogP contribution in [0.3, 0.4) is 0 Å². The maximum atomic E-state index is 11.1. The molecule has 0 bridgehead atoms. The van der Waals surface area contributed by atoms with Crippen LogP contribution in [0.4, 0.5) is 5.69 Å². The summed E-state index contributed by atoms with van der Waals surface area (Å²) < 4.78 is 22.2. The molecule has 110 valence electrons. The fraction of sp³-hybridized carbons (Fsp3) is 0.143. The average Bonchev–Trinajstić information content (AvgIpc) is 2.39. The van der Waals surface area contributed by atoms with Gasteiger partial charge in [-0.2, -0.15) is 5.10 Å². The number of aromatic nitrogens is 2. The molecule has 0 fully saturated rings. The molecule has 0 aliphatic heterocycles. The van der Waals surface area contributed by atoms with Crippen LogP contribution in [0.15, 0.2) is 29.8 Å². The normalized spacial score (nSPS) is 11.9. The molecule has 0 amide bonds. The molecule has 0 saturated carbocycles. The molecule has 0 saturated heterocycles. The van der Waals surface area contributed by atoms with Gasteiger partial charge in [0.2, 0.25) is 0 Å². The maximum absolute atomic E-state index is 11.1. The zero-order valence-electron chi connectivity index (χ0n) is 11.6. The number of nitrogens with two attached hydrogens (primary N) is 1. The number of sulfone groups is 1. The number of rotatable bonds is 3. The van der Waals surface area contributed by atoms with Crippen LogP contribution in [0.2, 0.25) is 0 Å². The van der Waals surface area contributed by atoms with Crippen LogP contribution in [-0.4, -0.2) is 30.0 Å². The van der Waals surface area contributed by atoms with E-state index in [0.29, 0.717) is 22.5 Å². The molecule has 1 aromatic carbocycles. The van der Waals surface area contributed by atoms with Gasteiger partial charge >= 0.3 is 0 Å². The summed E-state index contributed by atoms with van der Waals surface area (Å²) in [6, 6.07) is 4.73. The van der Waals surface area contributed by atoms with E-state index in [1.165, 1.54) is 12.1 Å². The minimum absolute atomic E-state index is 0.0442. The van der Waals surface area contributed by atoms with Gasteiger partial charge in [-0.1, -0.05) is 6.07 Å². The zero-order valence-corrected chi connectivity index (χ0v) is 12.4. The highest BCUT2D eigenvalue weighted by atomic mass is 32.2. The van der Waals surface area contributed by atoms with E-state index < -0.39 is 9.84 Å². The van der Waals surface area contributed by atoms with Crippen molar-refractivity contribution in [3.63, 3.8) is 0 Å². The summed E-state index contributed by atoms with van der Waals surface area (Å²) in [5.74, 6) is -0.0442. The molecule has 21 heavy (non-hydrogen) atoms. The molecule has 0 aliphatic carbocycles. The molecule has 6 nitrogen and oxygen atoms in total. The third-order valence-electron chi connectivity index (χ3n) is 2.87. The van der Waals surface area contributed by atoms with E-state index in [1.54, 1.807) is 25.3 Å². The smallest absolute Gasteiger partial charge is 0.168 e. The number of nitrogens with zero attached hydrogens (tertiary/aromatic N) is 2. The number of hydrogen-bond donors (Lipinski definition) is 2. The minimum atomic E-state index is -3.21.